The highest BCUT2D eigenvalue weighted by atomic mass is 35.5. The van der Waals surface area contributed by atoms with E-state index in [-0.39, 0.29) is 5.41 Å². The monoisotopic (exact) mass is 271 g/mol. The third-order valence-electron chi connectivity index (χ3n) is 2.50. The summed E-state index contributed by atoms with van der Waals surface area (Å²) in [6, 6.07) is 7.68. The topological polar surface area (TPSA) is 33.0 Å². The van der Waals surface area contributed by atoms with Crippen molar-refractivity contribution in [3.8, 4) is 11.8 Å². The van der Waals surface area contributed by atoms with Crippen LogP contribution in [0.4, 0.5) is 0 Å². The van der Waals surface area contributed by atoms with Crippen LogP contribution in [0.5, 0.6) is 5.75 Å². The molecule has 1 aromatic carbocycles. The molecule has 1 aromatic rings. The van der Waals surface area contributed by atoms with Gasteiger partial charge in [-0.1, -0.05) is 17.7 Å². The van der Waals surface area contributed by atoms with Gasteiger partial charge in [-0.15, -0.1) is 11.6 Å². The van der Waals surface area contributed by atoms with Gasteiger partial charge in [0.05, 0.1) is 24.0 Å². The zero-order valence-corrected chi connectivity index (χ0v) is 11.5. The molecule has 92 valence electrons. The van der Waals surface area contributed by atoms with Crippen LogP contribution in [-0.4, -0.2) is 6.61 Å². The van der Waals surface area contributed by atoms with Crippen molar-refractivity contribution in [2.75, 3.05) is 6.61 Å². The Morgan fingerprint density at radius 2 is 2.12 bits per heavy atom. The Morgan fingerprint density at radius 3 is 2.71 bits per heavy atom. The third kappa shape index (κ3) is 4.11. The smallest absolute Gasteiger partial charge is 0.125 e. The summed E-state index contributed by atoms with van der Waals surface area (Å²) in [5, 5.41) is 9.50. The summed E-state index contributed by atoms with van der Waals surface area (Å²) in [5.41, 5.74) is 0.422. The SMILES string of the molecule is CC(C)(C#N)CCOc1cccc(Cl)c1CCl. The van der Waals surface area contributed by atoms with Crippen molar-refractivity contribution in [1.82, 2.24) is 0 Å². The largest absolute Gasteiger partial charge is 0.493 e. The minimum Gasteiger partial charge on any atom is -0.493 e. The lowest BCUT2D eigenvalue weighted by atomic mass is 9.92. The van der Waals surface area contributed by atoms with Crippen molar-refractivity contribution in [3.05, 3.63) is 28.8 Å². The van der Waals surface area contributed by atoms with Gasteiger partial charge in [0.1, 0.15) is 5.75 Å². The fraction of sp³-hybridized carbons (Fsp3) is 0.462. The van der Waals surface area contributed by atoms with E-state index >= 15 is 0 Å². The number of halogens is 2. The average molecular weight is 272 g/mol. The maximum Gasteiger partial charge on any atom is 0.125 e. The zero-order valence-electron chi connectivity index (χ0n) is 9.96. The molecule has 0 unspecified atom stereocenters. The van der Waals surface area contributed by atoms with Crippen LogP contribution in [0.3, 0.4) is 0 Å². The molecular weight excluding hydrogens is 257 g/mol. The average Bonchev–Trinajstić information content (AvgIpc) is 2.29. The molecule has 17 heavy (non-hydrogen) atoms. The van der Waals surface area contributed by atoms with E-state index < -0.39 is 0 Å². The van der Waals surface area contributed by atoms with Gasteiger partial charge in [0.15, 0.2) is 0 Å². The Labute approximate surface area is 112 Å². The van der Waals surface area contributed by atoms with Crippen molar-refractivity contribution >= 4 is 23.2 Å². The first-order valence-corrected chi connectivity index (χ1v) is 6.29. The Kier molecular flexibility index (Phi) is 5.11. The highest BCUT2D eigenvalue weighted by molar-refractivity contribution is 6.32. The summed E-state index contributed by atoms with van der Waals surface area (Å²) in [5.74, 6) is 1.01. The van der Waals surface area contributed by atoms with E-state index in [4.69, 9.17) is 33.2 Å². The Morgan fingerprint density at radius 1 is 1.41 bits per heavy atom. The Hall–Kier alpha value is -0.910. The van der Waals surface area contributed by atoms with E-state index in [0.717, 1.165) is 5.56 Å². The predicted molar refractivity (Wildman–Crippen MR) is 70.5 cm³/mol. The molecule has 2 nitrogen and oxygen atoms in total. The van der Waals surface area contributed by atoms with Crippen LogP contribution in [0.1, 0.15) is 25.8 Å². The van der Waals surface area contributed by atoms with E-state index in [9.17, 15) is 0 Å². The van der Waals surface area contributed by atoms with Crippen molar-refractivity contribution in [2.24, 2.45) is 5.41 Å². The van der Waals surface area contributed by atoms with Crippen LogP contribution in [-0.2, 0) is 5.88 Å². The minimum atomic E-state index is -0.375. The molecule has 0 saturated heterocycles. The first-order valence-electron chi connectivity index (χ1n) is 5.37. The maximum absolute atomic E-state index is 8.89. The standard InChI is InChI=1S/C13H15Cl2NO/c1-13(2,9-16)6-7-17-12-5-3-4-11(15)10(12)8-14/h3-5H,6-8H2,1-2H3. The molecule has 0 fully saturated rings. The third-order valence-corrected chi connectivity index (χ3v) is 3.12. The van der Waals surface area contributed by atoms with E-state index in [1.807, 2.05) is 26.0 Å². The molecule has 0 saturated carbocycles. The molecule has 0 amide bonds. The van der Waals surface area contributed by atoms with Gasteiger partial charge in [-0.05, 0) is 32.4 Å². The highest BCUT2D eigenvalue weighted by Gasteiger charge is 2.17. The Bertz CT molecular complexity index is 424. The number of hydrogen-bond acceptors (Lipinski definition) is 2. The molecule has 0 aliphatic heterocycles. The first-order chi connectivity index (χ1) is 8.00. The quantitative estimate of drug-likeness (QED) is 0.744. The second-order valence-electron chi connectivity index (χ2n) is 4.44. The molecule has 0 bridgehead atoms. The van der Waals surface area contributed by atoms with E-state index in [2.05, 4.69) is 6.07 Å². The number of ether oxygens (including phenoxy) is 1. The van der Waals surface area contributed by atoms with E-state index in [0.29, 0.717) is 29.7 Å². The molecule has 0 aliphatic carbocycles. The number of benzene rings is 1. The van der Waals surface area contributed by atoms with Crippen LogP contribution < -0.4 is 4.74 Å². The van der Waals surface area contributed by atoms with Gasteiger partial charge in [0.2, 0.25) is 0 Å². The summed E-state index contributed by atoms with van der Waals surface area (Å²) in [4.78, 5) is 0. The molecule has 0 heterocycles. The second kappa shape index (κ2) is 6.14. The molecule has 4 heteroatoms. The lowest BCUT2D eigenvalue weighted by Gasteiger charge is -2.16. The van der Waals surface area contributed by atoms with Crippen LogP contribution in [0.2, 0.25) is 5.02 Å². The Balaban J connectivity index is 2.65. The first kappa shape index (κ1) is 14.2. The summed E-state index contributed by atoms with van der Waals surface area (Å²) >= 11 is 11.8. The van der Waals surface area contributed by atoms with Crippen molar-refractivity contribution in [3.63, 3.8) is 0 Å². The maximum atomic E-state index is 8.89. The van der Waals surface area contributed by atoms with Gasteiger partial charge in [-0.2, -0.15) is 5.26 Å². The van der Waals surface area contributed by atoms with Crippen LogP contribution in [0.25, 0.3) is 0 Å². The van der Waals surface area contributed by atoms with Gasteiger partial charge in [0, 0.05) is 10.6 Å². The lowest BCUT2D eigenvalue weighted by molar-refractivity contribution is 0.263. The summed E-state index contributed by atoms with van der Waals surface area (Å²) in [6.45, 7) is 4.25. The van der Waals surface area contributed by atoms with Gasteiger partial charge < -0.3 is 4.74 Å². The molecule has 0 spiro atoms. The van der Waals surface area contributed by atoms with Gasteiger partial charge in [-0.25, -0.2) is 0 Å². The minimum absolute atomic E-state index is 0.316. The number of nitriles is 1. The molecular formula is C13H15Cl2NO. The van der Waals surface area contributed by atoms with Crippen molar-refractivity contribution < 1.29 is 4.74 Å². The van der Waals surface area contributed by atoms with E-state index in [1.54, 1.807) is 6.07 Å². The van der Waals surface area contributed by atoms with Gasteiger partial charge in [0.25, 0.3) is 0 Å². The summed E-state index contributed by atoms with van der Waals surface area (Å²) in [7, 11) is 0. The predicted octanol–water partition coefficient (Wildman–Crippen LogP) is 4.40. The van der Waals surface area contributed by atoms with Gasteiger partial charge in [-0.3, -0.25) is 0 Å². The summed E-state index contributed by atoms with van der Waals surface area (Å²) < 4.78 is 5.63. The van der Waals surface area contributed by atoms with Crippen molar-refractivity contribution in [1.29, 1.82) is 5.26 Å². The molecule has 0 aromatic heterocycles. The second-order valence-corrected chi connectivity index (χ2v) is 5.12. The molecule has 0 N–H and O–H groups in total. The van der Waals surface area contributed by atoms with Gasteiger partial charge >= 0.3 is 0 Å². The lowest BCUT2D eigenvalue weighted by Crippen LogP contribution is -2.13. The molecule has 0 atom stereocenters. The number of alkyl halides is 1. The van der Waals surface area contributed by atoms with Crippen LogP contribution >= 0.6 is 23.2 Å². The number of hydrogen-bond donors (Lipinski definition) is 0. The van der Waals surface area contributed by atoms with Crippen LogP contribution in [0.15, 0.2) is 18.2 Å². The molecule has 1 rings (SSSR count). The molecule has 0 radical (unpaired) electrons. The fourth-order valence-electron chi connectivity index (χ4n) is 1.28. The van der Waals surface area contributed by atoms with Crippen LogP contribution in [0, 0.1) is 16.7 Å². The summed E-state index contributed by atoms with van der Waals surface area (Å²) in [6.07, 6.45) is 0.664. The molecule has 0 aliphatic rings. The van der Waals surface area contributed by atoms with Crippen molar-refractivity contribution in [2.45, 2.75) is 26.1 Å². The number of rotatable bonds is 5. The highest BCUT2D eigenvalue weighted by Crippen LogP contribution is 2.28. The fourth-order valence-corrected chi connectivity index (χ4v) is 1.85. The van der Waals surface area contributed by atoms with E-state index in [1.165, 1.54) is 0 Å². The number of nitrogens with zero attached hydrogens (tertiary/aromatic N) is 1. The zero-order chi connectivity index (χ0) is 12.9. The normalized spacial score (nSPS) is 11.0.